The van der Waals surface area contributed by atoms with Gasteiger partial charge >= 0.3 is 0 Å². The number of amidine groups is 2. The second-order valence-corrected chi connectivity index (χ2v) is 16.5. The number of benzene rings is 6. The van der Waals surface area contributed by atoms with E-state index in [9.17, 15) is 9.59 Å². The summed E-state index contributed by atoms with van der Waals surface area (Å²) in [6.07, 6.45) is 6.54. The molecule has 2 amide bonds. The van der Waals surface area contributed by atoms with Crippen LogP contribution in [-0.2, 0) is 9.59 Å². The van der Waals surface area contributed by atoms with E-state index in [0.717, 1.165) is 48.3 Å². The number of aliphatic imine (C=N–C) groups is 2. The Morgan fingerprint density at radius 2 is 1.02 bits per heavy atom. The van der Waals surface area contributed by atoms with E-state index in [1.807, 2.05) is 170 Å². The van der Waals surface area contributed by atoms with Crippen LogP contribution in [0.5, 0.6) is 0 Å². The zero-order chi connectivity index (χ0) is 42.5. The molecule has 0 saturated heterocycles. The Morgan fingerprint density at radius 1 is 0.524 bits per heavy atom. The van der Waals surface area contributed by atoms with Crippen molar-refractivity contribution in [2.45, 2.75) is 0 Å². The Kier molecular flexibility index (Phi) is 10.8. The standard InChI is InChI=1S/C52H35N7O2S2/c60-41(31-29-33-17-5-1-6-18-33)55-49-45(51-53-37-25-13-15-27-39(37)62-51)43(35-21-9-3-10-22-35)47(58-49)57-48-44(36-23-11-4-12-24-36)46(52-54-38-26-14-16-28-40(38)63-52)50(59-48)56-42(61)32-30-34-19-7-2-8-20-34/h1-32,58H,(H,55,60)(H,56,57,59,61)/b31-29+,32-30+. The molecule has 0 fully saturated rings. The molecule has 0 atom stereocenters. The molecule has 10 rings (SSSR count). The maximum absolute atomic E-state index is 13.8. The number of thiazole rings is 2. The summed E-state index contributed by atoms with van der Waals surface area (Å²) in [4.78, 5) is 51.7. The normalized spacial score (nSPS) is 13.5. The average molecular weight is 854 g/mol. The molecule has 4 heterocycles. The lowest BCUT2D eigenvalue weighted by Crippen LogP contribution is -2.29. The van der Waals surface area contributed by atoms with Crippen molar-refractivity contribution in [3.05, 3.63) is 204 Å². The SMILES string of the molecule is O=C(/C=C/c1ccccc1)NC1=NC(=Nc2[nH]c(NC(=O)/C=C/c3ccccc3)c(-c3nc4ccccc4s3)c2-c2ccccc2)C(c2ccccc2)=C1c1nc2ccccc2s1. The number of rotatable bonds is 10. The summed E-state index contributed by atoms with van der Waals surface area (Å²) in [6.45, 7) is 0. The number of para-hydroxylation sites is 2. The highest BCUT2D eigenvalue weighted by molar-refractivity contribution is 7.21. The minimum atomic E-state index is -0.360. The zero-order valence-electron chi connectivity index (χ0n) is 33.4. The summed E-state index contributed by atoms with van der Waals surface area (Å²) >= 11 is 3.04. The van der Waals surface area contributed by atoms with E-state index >= 15 is 0 Å². The fraction of sp³-hybridized carbons (Fsp3) is 0. The van der Waals surface area contributed by atoms with Crippen molar-refractivity contribution in [1.29, 1.82) is 0 Å². The van der Waals surface area contributed by atoms with Crippen molar-refractivity contribution in [2.75, 3.05) is 5.32 Å². The third kappa shape index (κ3) is 8.34. The number of hydrogen-bond acceptors (Lipinski definition) is 7. The molecule has 9 aromatic rings. The smallest absolute Gasteiger partial charge is 0.249 e. The predicted octanol–water partition coefficient (Wildman–Crippen LogP) is 12.1. The largest absolute Gasteiger partial charge is 0.325 e. The van der Waals surface area contributed by atoms with Gasteiger partial charge in [0, 0.05) is 23.3 Å². The highest BCUT2D eigenvalue weighted by Crippen LogP contribution is 2.48. The molecule has 1 aliphatic rings. The molecule has 9 nitrogen and oxygen atoms in total. The molecule has 302 valence electrons. The van der Waals surface area contributed by atoms with Crippen LogP contribution in [0.3, 0.4) is 0 Å². The van der Waals surface area contributed by atoms with Crippen molar-refractivity contribution < 1.29 is 9.59 Å². The third-order valence-corrected chi connectivity index (χ3v) is 12.3. The Morgan fingerprint density at radius 3 is 1.60 bits per heavy atom. The number of hydrogen-bond donors (Lipinski definition) is 3. The van der Waals surface area contributed by atoms with Gasteiger partial charge in [0.2, 0.25) is 11.8 Å². The molecule has 63 heavy (non-hydrogen) atoms. The van der Waals surface area contributed by atoms with E-state index in [0.29, 0.717) is 50.0 Å². The zero-order valence-corrected chi connectivity index (χ0v) is 35.0. The van der Waals surface area contributed by atoms with Gasteiger partial charge in [-0.25, -0.2) is 20.0 Å². The van der Waals surface area contributed by atoms with Crippen molar-refractivity contribution >= 4 is 102 Å². The highest BCUT2D eigenvalue weighted by atomic mass is 32.1. The fourth-order valence-electron chi connectivity index (χ4n) is 7.33. The molecule has 11 heteroatoms. The minimum Gasteiger partial charge on any atom is -0.325 e. The molecular weight excluding hydrogens is 819 g/mol. The summed E-state index contributed by atoms with van der Waals surface area (Å²) < 4.78 is 1.99. The average Bonchev–Trinajstić information content (AvgIpc) is 4.11. The van der Waals surface area contributed by atoms with E-state index in [2.05, 4.69) is 15.6 Å². The first kappa shape index (κ1) is 39.0. The Labute approximate surface area is 370 Å². The molecule has 0 aliphatic carbocycles. The van der Waals surface area contributed by atoms with Gasteiger partial charge in [0.1, 0.15) is 27.5 Å². The number of H-pyrrole nitrogens is 1. The van der Waals surface area contributed by atoms with Crippen LogP contribution in [0.15, 0.2) is 192 Å². The van der Waals surface area contributed by atoms with Crippen molar-refractivity contribution in [3.63, 3.8) is 0 Å². The first-order valence-corrected chi connectivity index (χ1v) is 21.8. The van der Waals surface area contributed by atoms with E-state index in [1.54, 1.807) is 12.2 Å². The third-order valence-electron chi connectivity index (χ3n) is 10.2. The summed E-state index contributed by atoms with van der Waals surface area (Å²) in [6, 6.07) is 55.0. The Balaban J connectivity index is 1.18. The minimum absolute atomic E-state index is 0.313. The van der Waals surface area contributed by atoms with Gasteiger partial charge in [-0.3, -0.25) is 9.59 Å². The van der Waals surface area contributed by atoms with Gasteiger partial charge < -0.3 is 15.6 Å². The number of nitrogens with one attached hydrogen (secondary N) is 3. The lowest BCUT2D eigenvalue weighted by Gasteiger charge is -2.09. The Bertz CT molecular complexity index is 3240. The van der Waals surface area contributed by atoms with Gasteiger partial charge in [-0.1, -0.05) is 146 Å². The number of amides is 2. The number of carbonyl (C=O) groups is 2. The molecule has 1 aliphatic heterocycles. The van der Waals surface area contributed by atoms with Crippen LogP contribution >= 0.6 is 22.7 Å². The second kappa shape index (κ2) is 17.5. The molecule has 6 aromatic carbocycles. The van der Waals surface area contributed by atoms with E-state index < -0.39 is 0 Å². The monoisotopic (exact) mass is 853 g/mol. The van der Waals surface area contributed by atoms with Crippen molar-refractivity contribution in [1.82, 2.24) is 20.3 Å². The first-order valence-electron chi connectivity index (χ1n) is 20.1. The van der Waals surface area contributed by atoms with Gasteiger partial charge in [0.15, 0.2) is 5.84 Å². The van der Waals surface area contributed by atoms with Crippen LogP contribution in [-0.4, -0.2) is 38.4 Å². The van der Waals surface area contributed by atoms with Crippen molar-refractivity contribution in [3.8, 4) is 21.7 Å². The molecule has 0 unspecified atom stereocenters. The molecule has 0 saturated carbocycles. The van der Waals surface area contributed by atoms with Crippen LogP contribution in [0.25, 0.3) is 65.4 Å². The van der Waals surface area contributed by atoms with E-state index in [4.69, 9.17) is 20.0 Å². The molecule has 3 N–H and O–H groups in total. The quantitative estimate of drug-likeness (QED) is 0.118. The lowest BCUT2D eigenvalue weighted by atomic mass is 10.00. The number of aromatic amines is 1. The van der Waals surface area contributed by atoms with Gasteiger partial charge in [-0.2, -0.15) is 0 Å². The molecule has 0 spiro atoms. The van der Waals surface area contributed by atoms with Crippen molar-refractivity contribution in [2.24, 2.45) is 9.98 Å². The van der Waals surface area contributed by atoms with Gasteiger partial charge in [0.05, 0.1) is 31.6 Å². The van der Waals surface area contributed by atoms with E-state index in [-0.39, 0.29) is 11.8 Å². The Hall–Kier alpha value is -8.12. The second-order valence-electron chi connectivity index (χ2n) is 14.4. The highest BCUT2D eigenvalue weighted by Gasteiger charge is 2.32. The molecular formula is C52H35N7O2S2. The van der Waals surface area contributed by atoms with Crippen LogP contribution in [0, 0.1) is 0 Å². The van der Waals surface area contributed by atoms with Crippen LogP contribution in [0.4, 0.5) is 11.6 Å². The summed E-state index contributed by atoms with van der Waals surface area (Å²) in [5.41, 5.74) is 7.85. The van der Waals surface area contributed by atoms with Gasteiger partial charge in [-0.05, 0) is 58.7 Å². The summed E-state index contributed by atoms with van der Waals surface area (Å²) in [5.74, 6) is 0.818. The summed E-state index contributed by atoms with van der Waals surface area (Å²) in [5, 5.41) is 7.58. The van der Waals surface area contributed by atoms with E-state index in [1.165, 1.54) is 34.8 Å². The van der Waals surface area contributed by atoms with Gasteiger partial charge in [0.25, 0.3) is 0 Å². The lowest BCUT2D eigenvalue weighted by molar-refractivity contribution is -0.115. The number of carbonyl (C=O) groups excluding carboxylic acids is 2. The maximum Gasteiger partial charge on any atom is 0.249 e. The summed E-state index contributed by atoms with van der Waals surface area (Å²) in [7, 11) is 0. The van der Waals surface area contributed by atoms with Crippen LogP contribution < -0.4 is 10.6 Å². The maximum atomic E-state index is 13.8. The number of nitrogens with zero attached hydrogens (tertiary/aromatic N) is 4. The molecule has 0 radical (unpaired) electrons. The van der Waals surface area contributed by atoms with Gasteiger partial charge in [-0.15, -0.1) is 22.7 Å². The molecule has 0 bridgehead atoms. The molecule has 3 aromatic heterocycles. The van der Waals surface area contributed by atoms with Crippen LogP contribution in [0.1, 0.15) is 21.7 Å². The predicted molar refractivity (Wildman–Crippen MR) is 260 cm³/mol. The van der Waals surface area contributed by atoms with Crippen LogP contribution in [0.2, 0.25) is 0 Å². The fourth-order valence-corrected chi connectivity index (χ4v) is 9.37. The number of anilines is 1. The topological polar surface area (TPSA) is 124 Å². The number of fused-ring (bicyclic) bond motifs is 2. The number of aromatic nitrogens is 3. The first-order chi connectivity index (χ1) is 31.0.